The number of hydrogen-bond acceptors (Lipinski definition) is 3. The lowest BCUT2D eigenvalue weighted by atomic mass is 10.2. The number of nitrogens with zero attached hydrogens (tertiary/aromatic N) is 2. The van der Waals surface area contributed by atoms with E-state index in [0.29, 0.717) is 19.0 Å². The molecule has 2 aromatic rings. The van der Waals surface area contributed by atoms with Crippen molar-refractivity contribution < 1.29 is 9.53 Å². The zero-order chi connectivity index (χ0) is 16.2. The summed E-state index contributed by atoms with van der Waals surface area (Å²) in [5.74, 6) is 0.872. The number of carbonyl (C=O) groups is 1. The predicted octanol–water partition coefficient (Wildman–Crippen LogP) is 3.41. The quantitative estimate of drug-likeness (QED) is 0.581. The molecule has 1 aromatic carbocycles. The number of carbonyl (C=O) groups excluding carboxylic acids is 1. The molecule has 22 heavy (non-hydrogen) atoms. The van der Waals surface area contributed by atoms with Gasteiger partial charge in [0.05, 0.1) is 23.9 Å². The van der Waals surface area contributed by atoms with Gasteiger partial charge >= 0.3 is 0 Å². The summed E-state index contributed by atoms with van der Waals surface area (Å²) in [5.41, 5.74) is 1.51. The van der Waals surface area contributed by atoms with E-state index < -0.39 is 10.0 Å². The standard InChI is InChI=1S/C17H22N2O2S/c1-22(2,3)11-10-21-13-19-15-7-5-4-6-14(15)12-16(19)17(20)8-9-18/h4-7,12H,8,10-11,13H2,1-3H3. The van der Waals surface area contributed by atoms with E-state index in [4.69, 9.17) is 10.00 Å². The van der Waals surface area contributed by atoms with Crippen LogP contribution in [-0.2, 0) is 11.5 Å². The Balaban J connectivity index is 2.20. The van der Waals surface area contributed by atoms with Gasteiger partial charge in [-0.25, -0.2) is 10.0 Å². The number of rotatable bonds is 7. The first kappa shape index (κ1) is 16.6. The summed E-state index contributed by atoms with van der Waals surface area (Å²) in [4.78, 5) is 12.1. The number of benzene rings is 1. The molecule has 0 amide bonds. The number of aromatic nitrogens is 1. The third-order valence-electron chi connectivity index (χ3n) is 3.40. The fourth-order valence-corrected chi connectivity index (χ4v) is 2.83. The Morgan fingerprint density at radius 3 is 2.73 bits per heavy atom. The monoisotopic (exact) mass is 318 g/mol. The summed E-state index contributed by atoms with van der Waals surface area (Å²) >= 11 is 0. The topological polar surface area (TPSA) is 55.0 Å². The molecule has 0 saturated heterocycles. The van der Waals surface area contributed by atoms with E-state index in [9.17, 15) is 4.79 Å². The van der Waals surface area contributed by atoms with E-state index in [1.54, 1.807) is 0 Å². The highest BCUT2D eigenvalue weighted by Gasteiger charge is 2.15. The summed E-state index contributed by atoms with van der Waals surface area (Å²) in [6, 6.07) is 11.6. The first-order valence-corrected chi connectivity index (χ1v) is 10.2. The number of para-hydroxylation sites is 1. The molecule has 0 bridgehead atoms. The Morgan fingerprint density at radius 2 is 2.05 bits per heavy atom. The van der Waals surface area contributed by atoms with Crippen LogP contribution in [0.5, 0.6) is 0 Å². The molecule has 0 N–H and O–H groups in total. The molecule has 2 rings (SSSR count). The van der Waals surface area contributed by atoms with Crippen molar-refractivity contribution in [3.8, 4) is 6.07 Å². The molecule has 0 saturated carbocycles. The Hall–Kier alpha value is -1.77. The van der Waals surface area contributed by atoms with Gasteiger partial charge in [0.15, 0.2) is 5.78 Å². The van der Waals surface area contributed by atoms with Gasteiger partial charge in [-0.05, 0) is 30.9 Å². The Bertz CT molecular complexity index is 707. The fourth-order valence-electron chi connectivity index (χ4n) is 2.21. The van der Waals surface area contributed by atoms with Crippen molar-refractivity contribution in [2.75, 3.05) is 31.1 Å². The molecule has 0 atom stereocenters. The van der Waals surface area contributed by atoms with Crippen LogP contribution in [0.3, 0.4) is 0 Å². The molecular formula is C17H22N2O2S. The molecule has 0 spiro atoms. The highest BCUT2D eigenvalue weighted by molar-refractivity contribution is 8.32. The van der Waals surface area contributed by atoms with Gasteiger partial charge in [0.1, 0.15) is 13.2 Å². The lowest BCUT2D eigenvalue weighted by Gasteiger charge is -2.24. The second kappa shape index (κ2) is 6.99. The Kier molecular flexibility index (Phi) is 5.28. The molecule has 0 aliphatic heterocycles. The smallest absolute Gasteiger partial charge is 0.193 e. The van der Waals surface area contributed by atoms with Gasteiger partial charge in [0, 0.05) is 11.1 Å². The lowest BCUT2D eigenvalue weighted by molar-refractivity contribution is 0.0846. The largest absolute Gasteiger partial charge is 0.360 e. The van der Waals surface area contributed by atoms with Gasteiger partial charge in [0.2, 0.25) is 0 Å². The zero-order valence-corrected chi connectivity index (χ0v) is 14.2. The van der Waals surface area contributed by atoms with Crippen molar-refractivity contribution in [1.82, 2.24) is 4.57 Å². The molecule has 5 heteroatoms. The SMILES string of the molecule is CS(C)(C)CCOCn1c(C(=O)CC#N)cc2ccccc21. The van der Waals surface area contributed by atoms with E-state index in [2.05, 4.69) is 18.8 Å². The molecule has 0 aliphatic carbocycles. The molecular weight excluding hydrogens is 296 g/mol. The van der Waals surface area contributed by atoms with Crippen LogP contribution in [0.1, 0.15) is 16.9 Å². The van der Waals surface area contributed by atoms with Gasteiger partial charge < -0.3 is 9.30 Å². The average Bonchev–Trinajstić information content (AvgIpc) is 2.82. The molecule has 1 heterocycles. The van der Waals surface area contributed by atoms with Gasteiger partial charge in [-0.2, -0.15) is 5.26 Å². The average molecular weight is 318 g/mol. The number of nitriles is 1. The van der Waals surface area contributed by atoms with Crippen molar-refractivity contribution in [2.45, 2.75) is 13.2 Å². The maximum atomic E-state index is 12.1. The van der Waals surface area contributed by atoms with E-state index in [1.807, 2.05) is 41.0 Å². The van der Waals surface area contributed by atoms with Crippen LogP contribution in [0.25, 0.3) is 10.9 Å². The van der Waals surface area contributed by atoms with Crippen molar-refractivity contribution >= 4 is 26.7 Å². The van der Waals surface area contributed by atoms with Crippen molar-refractivity contribution in [2.24, 2.45) is 0 Å². The highest BCUT2D eigenvalue weighted by Crippen LogP contribution is 2.33. The van der Waals surface area contributed by atoms with Crippen LogP contribution < -0.4 is 0 Å². The van der Waals surface area contributed by atoms with Crippen LogP contribution in [0.15, 0.2) is 30.3 Å². The first-order chi connectivity index (χ1) is 10.4. The number of ether oxygens (including phenoxy) is 1. The van der Waals surface area contributed by atoms with Crippen LogP contribution in [0.4, 0.5) is 0 Å². The molecule has 0 fully saturated rings. The van der Waals surface area contributed by atoms with Crippen molar-refractivity contribution in [3.63, 3.8) is 0 Å². The number of ketones is 1. The van der Waals surface area contributed by atoms with Gasteiger partial charge in [-0.15, -0.1) is 0 Å². The minimum Gasteiger partial charge on any atom is -0.360 e. The molecule has 0 unspecified atom stereocenters. The molecule has 0 aliphatic rings. The minimum atomic E-state index is -0.587. The van der Waals surface area contributed by atoms with Gasteiger partial charge in [-0.3, -0.25) is 4.79 Å². The summed E-state index contributed by atoms with van der Waals surface area (Å²) in [6.07, 6.45) is 6.65. The number of Topliss-reactive ketones (excluding diaryl/α,β-unsaturated/α-hetero) is 1. The van der Waals surface area contributed by atoms with Crippen molar-refractivity contribution in [1.29, 1.82) is 5.26 Å². The number of hydrogen-bond donors (Lipinski definition) is 0. The van der Waals surface area contributed by atoms with Crippen molar-refractivity contribution in [3.05, 3.63) is 36.0 Å². The summed E-state index contributed by atoms with van der Waals surface area (Å²) in [6.45, 7) is 1.02. The third-order valence-corrected chi connectivity index (χ3v) is 4.79. The van der Waals surface area contributed by atoms with Crippen LogP contribution in [-0.4, -0.2) is 41.5 Å². The van der Waals surface area contributed by atoms with E-state index in [0.717, 1.165) is 16.7 Å². The molecule has 4 nitrogen and oxygen atoms in total. The third kappa shape index (κ3) is 4.12. The Morgan fingerprint density at radius 1 is 1.32 bits per heavy atom. The Labute approximate surface area is 133 Å². The second-order valence-corrected chi connectivity index (χ2v) is 10.7. The van der Waals surface area contributed by atoms with Crippen LogP contribution in [0, 0.1) is 11.3 Å². The highest BCUT2D eigenvalue weighted by atomic mass is 32.3. The minimum absolute atomic E-state index is 0.109. The normalized spacial score (nSPS) is 12.3. The maximum absolute atomic E-state index is 12.1. The van der Waals surface area contributed by atoms with Gasteiger partial charge in [-0.1, -0.05) is 18.2 Å². The number of fused-ring (bicyclic) bond motifs is 1. The fraction of sp³-hybridized carbons (Fsp3) is 0.412. The summed E-state index contributed by atoms with van der Waals surface area (Å²) < 4.78 is 7.65. The molecule has 1 aromatic heterocycles. The van der Waals surface area contributed by atoms with E-state index >= 15 is 0 Å². The second-order valence-electron chi connectivity index (χ2n) is 6.11. The first-order valence-electron chi connectivity index (χ1n) is 7.14. The van der Waals surface area contributed by atoms with Crippen LogP contribution >= 0.6 is 10.0 Å². The van der Waals surface area contributed by atoms with E-state index in [1.165, 1.54) is 0 Å². The molecule has 118 valence electrons. The molecule has 0 radical (unpaired) electrons. The summed E-state index contributed by atoms with van der Waals surface area (Å²) in [7, 11) is -0.587. The maximum Gasteiger partial charge on any atom is 0.193 e. The predicted molar refractivity (Wildman–Crippen MR) is 92.7 cm³/mol. The zero-order valence-electron chi connectivity index (χ0n) is 13.3. The summed E-state index contributed by atoms with van der Waals surface area (Å²) in [5, 5.41) is 9.75. The van der Waals surface area contributed by atoms with Crippen LogP contribution in [0.2, 0.25) is 0 Å². The lowest BCUT2D eigenvalue weighted by Crippen LogP contribution is -2.13. The van der Waals surface area contributed by atoms with E-state index in [-0.39, 0.29) is 12.2 Å². The van der Waals surface area contributed by atoms with Gasteiger partial charge in [0.25, 0.3) is 0 Å².